The van der Waals surface area contributed by atoms with Gasteiger partial charge in [-0.25, -0.2) is 0 Å². The second-order valence-electron chi connectivity index (χ2n) is 16.2. The highest BCUT2D eigenvalue weighted by atomic mass is 16.3. The van der Waals surface area contributed by atoms with Crippen LogP contribution in [0.25, 0.3) is 67.4 Å². The highest BCUT2D eigenvalue weighted by Crippen LogP contribution is 2.45. The van der Waals surface area contributed by atoms with E-state index in [2.05, 4.69) is 162 Å². The van der Waals surface area contributed by atoms with Gasteiger partial charge in [0.2, 0.25) is 0 Å². The molecule has 0 aliphatic carbocycles. The van der Waals surface area contributed by atoms with Crippen LogP contribution >= 0.6 is 0 Å². The van der Waals surface area contributed by atoms with Crippen LogP contribution in [0.3, 0.4) is 0 Å². The highest BCUT2D eigenvalue weighted by Gasteiger charge is 2.24. The van der Waals surface area contributed by atoms with E-state index in [0.717, 1.165) is 130 Å². The quantitative estimate of drug-likeness (QED) is 0.145. The Hall–Kier alpha value is -7.31. The smallest absolute Gasteiger partial charge is 0.137 e. The zero-order chi connectivity index (χ0) is 42.4. The lowest BCUT2D eigenvalue weighted by molar-refractivity contribution is 0.547. The van der Waals surface area contributed by atoms with Gasteiger partial charge in [0, 0.05) is 52.2 Å². The molecule has 0 spiro atoms. The van der Waals surface area contributed by atoms with E-state index >= 15 is 0 Å². The molecule has 0 saturated carbocycles. The summed E-state index contributed by atoms with van der Waals surface area (Å²) >= 11 is 0. The van der Waals surface area contributed by atoms with Crippen LogP contribution in [0.5, 0.6) is 0 Å². The van der Waals surface area contributed by atoms with Crippen LogP contribution in [-0.2, 0) is 0 Å². The van der Waals surface area contributed by atoms with Crippen molar-refractivity contribution < 1.29 is 8.83 Å². The summed E-state index contributed by atoms with van der Waals surface area (Å²) in [6.45, 7) is 16.7. The lowest BCUT2D eigenvalue weighted by Crippen LogP contribution is -2.14. The first kappa shape index (κ1) is 39.2. The molecule has 6 heteroatoms. The van der Waals surface area contributed by atoms with Gasteiger partial charge in [0.1, 0.15) is 23.0 Å². The standard InChI is InChI=1S/C55H48N4O2/c1-33-19-20-56-40(8)53(33)59(47-25-43(23-45(27-47)54-34(2)21-38(6)60-54)51-29-49(36(4)31-57-51)41-15-11-9-12-16-41)48-26-44(24-46(28-48)55-35(3)22-39(7)61-55)52-30-50(37(5)32-58-52)42-17-13-10-14-18-42/h9-32H,1-8H3. The van der Waals surface area contributed by atoms with Gasteiger partial charge in [0.05, 0.1) is 22.8 Å². The Kier molecular flexibility index (Phi) is 10.3. The van der Waals surface area contributed by atoms with Crippen molar-refractivity contribution >= 4 is 17.1 Å². The first-order chi connectivity index (χ1) is 29.5. The zero-order valence-electron chi connectivity index (χ0n) is 36.0. The van der Waals surface area contributed by atoms with Crippen molar-refractivity contribution in [3.05, 3.63) is 191 Å². The molecule has 0 radical (unpaired) electrons. The summed E-state index contributed by atoms with van der Waals surface area (Å²) in [4.78, 5) is 17.3. The molecule has 0 atom stereocenters. The second-order valence-corrected chi connectivity index (χ2v) is 16.2. The predicted molar refractivity (Wildman–Crippen MR) is 250 cm³/mol. The van der Waals surface area contributed by atoms with Gasteiger partial charge < -0.3 is 13.7 Å². The normalized spacial score (nSPS) is 11.3. The summed E-state index contributed by atoms with van der Waals surface area (Å²) < 4.78 is 12.9. The largest absolute Gasteiger partial charge is 0.461 e. The summed E-state index contributed by atoms with van der Waals surface area (Å²) in [5.41, 5.74) is 19.3. The number of anilines is 3. The van der Waals surface area contributed by atoms with Crippen molar-refractivity contribution in [2.24, 2.45) is 0 Å². The maximum Gasteiger partial charge on any atom is 0.137 e. The Bertz CT molecular complexity index is 2870. The third kappa shape index (κ3) is 7.69. The molecular formula is C55H48N4O2. The van der Waals surface area contributed by atoms with Crippen molar-refractivity contribution in [1.82, 2.24) is 15.0 Å². The number of nitrogens with zero attached hydrogens (tertiary/aromatic N) is 4. The van der Waals surface area contributed by atoms with E-state index in [9.17, 15) is 0 Å². The first-order valence-corrected chi connectivity index (χ1v) is 20.7. The Balaban J connectivity index is 1.33. The fourth-order valence-corrected chi connectivity index (χ4v) is 8.55. The van der Waals surface area contributed by atoms with Crippen molar-refractivity contribution in [1.29, 1.82) is 0 Å². The van der Waals surface area contributed by atoms with E-state index in [1.807, 2.05) is 44.6 Å². The number of hydrogen-bond acceptors (Lipinski definition) is 6. The Labute approximate surface area is 358 Å². The Morgan fingerprint density at radius 1 is 0.393 bits per heavy atom. The molecule has 9 aromatic rings. The van der Waals surface area contributed by atoms with Gasteiger partial charge in [-0.15, -0.1) is 0 Å². The minimum atomic E-state index is 0.823. The van der Waals surface area contributed by atoms with E-state index in [-0.39, 0.29) is 0 Å². The van der Waals surface area contributed by atoms with Crippen LogP contribution in [0.2, 0.25) is 0 Å². The zero-order valence-corrected chi connectivity index (χ0v) is 36.0. The number of aromatic nitrogens is 3. The molecule has 0 aliphatic rings. The maximum absolute atomic E-state index is 6.45. The minimum Gasteiger partial charge on any atom is -0.461 e. The molecule has 0 N–H and O–H groups in total. The van der Waals surface area contributed by atoms with Gasteiger partial charge in [-0.3, -0.25) is 15.0 Å². The van der Waals surface area contributed by atoms with Crippen LogP contribution in [0.1, 0.15) is 45.0 Å². The number of hydrogen-bond donors (Lipinski definition) is 0. The SMILES string of the molecule is Cc1cc(C)c(-c2cc(-c3cc(-c4ccccc4)c(C)cn3)cc(N(c3cc(-c4cc(-c5ccccc5)c(C)cn4)cc(-c4oc(C)cc4C)c3)c3c(C)ccnc3C)c2)o1. The van der Waals surface area contributed by atoms with Gasteiger partial charge in [-0.05, 0) is 172 Å². The third-order valence-corrected chi connectivity index (χ3v) is 11.5. The van der Waals surface area contributed by atoms with Crippen LogP contribution in [0.15, 0.2) is 155 Å². The average Bonchev–Trinajstić information content (AvgIpc) is 3.80. The van der Waals surface area contributed by atoms with E-state index in [1.165, 1.54) is 0 Å². The summed E-state index contributed by atoms with van der Waals surface area (Å²) in [7, 11) is 0. The molecule has 0 bridgehead atoms. The number of furan rings is 2. The van der Waals surface area contributed by atoms with E-state index in [4.69, 9.17) is 23.8 Å². The molecule has 61 heavy (non-hydrogen) atoms. The lowest BCUT2D eigenvalue weighted by Gasteiger charge is -2.30. The number of aryl methyl sites for hydroxylation is 8. The van der Waals surface area contributed by atoms with E-state index < -0.39 is 0 Å². The van der Waals surface area contributed by atoms with Gasteiger partial charge in [-0.1, -0.05) is 60.7 Å². The van der Waals surface area contributed by atoms with Gasteiger partial charge >= 0.3 is 0 Å². The number of pyridine rings is 3. The predicted octanol–water partition coefficient (Wildman–Crippen LogP) is 15.0. The summed E-state index contributed by atoms with van der Waals surface area (Å²) in [5.74, 6) is 3.36. The van der Waals surface area contributed by atoms with Crippen molar-refractivity contribution in [3.8, 4) is 67.4 Å². The first-order valence-electron chi connectivity index (χ1n) is 20.7. The average molecular weight is 797 g/mol. The third-order valence-electron chi connectivity index (χ3n) is 11.5. The molecule has 0 unspecified atom stereocenters. The molecule has 300 valence electrons. The lowest BCUT2D eigenvalue weighted by atomic mass is 9.96. The molecule has 0 aliphatic heterocycles. The maximum atomic E-state index is 6.45. The van der Waals surface area contributed by atoms with Crippen molar-refractivity contribution in [2.45, 2.75) is 55.4 Å². The van der Waals surface area contributed by atoms with Crippen LogP contribution in [-0.4, -0.2) is 15.0 Å². The molecule has 0 fully saturated rings. The minimum absolute atomic E-state index is 0.823. The number of benzene rings is 4. The van der Waals surface area contributed by atoms with Crippen LogP contribution < -0.4 is 4.90 Å². The fourth-order valence-electron chi connectivity index (χ4n) is 8.55. The number of rotatable bonds is 9. The Morgan fingerprint density at radius 3 is 1.25 bits per heavy atom. The second kappa shape index (κ2) is 16.0. The van der Waals surface area contributed by atoms with Gasteiger partial charge in [0.25, 0.3) is 0 Å². The molecule has 5 aromatic heterocycles. The molecule has 0 amide bonds. The van der Waals surface area contributed by atoms with Gasteiger partial charge in [-0.2, -0.15) is 0 Å². The van der Waals surface area contributed by atoms with Crippen molar-refractivity contribution in [3.63, 3.8) is 0 Å². The molecular weight excluding hydrogens is 749 g/mol. The van der Waals surface area contributed by atoms with Crippen molar-refractivity contribution in [2.75, 3.05) is 4.90 Å². The van der Waals surface area contributed by atoms with E-state index in [0.29, 0.717) is 0 Å². The highest BCUT2D eigenvalue weighted by molar-refractivity contribution is 5.89. The summed E-state index contributed by atoms with van der Waals surface area (Å²) in [6, 6.07) is 45.0. The molecule has 5 heterocycles. The van der Waals surface area contributed by atoms with Crippen LogP contribution in [0, 0.1) is 55.4 Å². The monoisotopic (exact) mass is 796 g/mol. The summed E-state index contributed by atoms with van der Waals surface area (Å²) in [5, 5.41) is 0. The fraction of sp³-hybridized carbons (Fsp3) is 0.145. The molecule has 9 rings (SSSR count). The van der Waals surface area contributed by atoms with E-state index in [1.54, 1.807) is 0 Å². The van der Waals surface area contributed by atoms with Crippen LogP contribution in [0.4, 0.5) is 17.1 Å². The Morgan fingerprint density at radius 2 is 0.836 bits per heavy atom. The summed E-state index contributed by atoms with van der Waals surface area (Å²) in [6.07, 6.45) is 5.82. The molecule has 4 aromatic carbocycles. The van der Waals surface area contributed by atoms with Gasteiger partial charge in [0.15, 0.2) is 0 Å². The molecule has 6 nitrogen and oxygen atoms in total. The molecule has 0 saturated heterocycles. The topological polar surface area (TPSA) is 68.2 Å².